The fourth-order valence-corrected chi connectivity index (χ4v) is 6.81. The molecule has 11 heteroatoms. The lowest BCUT2D eigenvalue weighted by molar-refractivity contribution is -0.168. The van der Waals surface area contributed by atoms with Crippen molar-refractivity contribution in [2.24, 2.45) is 0 Å². The first kappa shape index (κ1) is 31.0. The van der Waals surface area contributed by atoms with E-state index < -0.39 is 25.0 Å². The van der Waals surface area contributed by atoms with Crippen LogP contribution in [0.15, 0.2) is 18.2 Å². The number of hydrogen-bond acceptors (Lipinski definition) is 6. The number of halogens is 2. The number of hydrogen-bond donors (Lipinski definition) is 2. The third-order valence-electron chi connectivity index (χ3n) is 5.44. The molecule has 2 N–H and O–H groups in total. The molecule has 34 heavy (non-hydrogen) atoms. The number of rotatable bonds is 17. The van der Waals surface area contributed by atoms with Gasteiger partial charge in [0.2, 0.25) is 5.53 Å². The lowest BCUT2D eigenvalue weighted by Gasteiger charge is -2.37. The molecule has 0 aliphatic rings. The molecular formula is C23H39Cl2N2O6P. The van der Waals surface area contributed by atoms with Gasteiger partial charge in [0.1, 0.15) is 0 Å². The Labute approximate surface area is 213 Å². The van der Waals surface area contributed by atoms with Crippen molar-refractivity contribution in [3.05, 3.63) is 29.3 Å². The number of amides is 1. The normalized spacial score (nSPS) is 14.4. The van der Waals surface area contributed by atoms with Crippen molar-refractivity contribution < 1.29 is 28.5 Å². The Morgan fingerprint density at radius 3 is 2.21 bits per heavy atom. The van der Waals surface area contributed by atoms with Gasteiger partial charge in [-0.15, -0.1) is 23.2 Å². The van der Waals surface area contributed by atoms with E-state index in [1.807, 2.05) is 25.1 Å². The predicted molar refractivity (Wildman–Crippen MR) is 139 cm³/mol. The summed E-state index contributed by atoms with van der Waals surface area (Å²) in [6.45, 7) is 10.8. The molecule has 8 nitrogen and oxygen atoms in total. The van der Waals surface area contributed by atoms with Gasteiger partial charge in [0.05, 0.1) is 12.8 Å². The number of carbonyl (C=O) groups is 1. The first-order chi connectivity index (χ1) is 16.1. The summed E-state index contributed by atoms with van der Waals surface area (Å²) >= 11 is 11.9. The van der Waals surface area contributed by atoms with Crippen molar-refractivity contribution in [1.82, 2.24) is 5.32 Å². The van der Waals surface area contributed by atoms with Crippen LogP contribution in [0.3, 0.4) is 0 Å². The first-order valence-corrected chi connectivity index (χ1v) is 14.4. The van der Waals surface area contributed by atoms with Crippen molar-refractivity contribution in [2.45, 2.75) is 52.6 Å². The van der Waals surface area contributed by atoms with Crippen LogP contribution in [-0.4, -0.2) is 73.6 Å². The first-order valence-electron chi connectivity index (χ1n) is 11.6. The minimum Gasteiger partial charge on any atom is -0.465 e. The molecule has 0 fully saturated rings. The maximum Gasteiger partial charge on any atom is 0.404 e. The van der Waals surface area contributed by atoms with Gasteiger partial charge in [-0.3, -0.25) is 4.57 Å². The predicted octanol–water partition coefficient (Wildman–Crippen LogP) is 5.52. The number of nitrogens with zero attached hydrogens (tertiary/aromatic N) is 1. The van der Waals surface area contributed by atoms with E-state index in [4.69, 9.17) is 37.2 Å². The van der Waals surface area contributed by atoms with Crippen LogP contribution in [-0.2, 0) is 25.0 Å². The third kappa shape index (κ3) is 8.89. The highest BCUT2D eigenvalue weighted by atomic mass is 35.5. The number of ether oxygens (including phenoxy) is 2. The van der Waals surface area contributed by atoms with Gasteiger partial charge >= 0.3 is 6.09 Å². The molecule has 0 saturated heterocycles. The Morgan fingerprint density at radius 1 is 1.15 bits per heavy atom. The highest BCUT2D eigenvalue weighted by Crippen LogP contribution is 2.60. The van der Waals surface area contributed by atoms with E-state index in [9.17, 15) is 14.5 Å². The highest BCUT2D eigenvalue weighted by molar-refractivity contribution is 7.60. The molecule has 1 amide bonds. The number of anilines is 1. The molecule has 0 radical (unpaired) electrons. The summed E-state index contributed by atoms with van der Waals surface area (Å²) in [6.07, 6.45) is -0.977. The zero-order chi connectivity index (χ0) is 25.8. The molecule has 1 rings (SSSR count). The summed E-state index contributed by atoms with van der Waals surface area (Å²) in [6, 6.07) is 5.27. The molecular weight excluding hydrogens is 502 g/mol. The molecule has 2 atom stereocenters. The minimum absolute atomic E-state index is 0.0830. The van der Waals surface area contributed by atoms with E-state index in [1.54, 1.807) is 27.7 Å². The summed E-state index contributed by atoms with van der Waals surface area (Å²) in [5.41, 5.74) is 1.36. The zero-order valence-electron chi connectivity index (χ0n) is 20.8. The largest absolute Gasteiger partial charge is 0.465 e. The van der Waals surface area contributed by atoms with Crippen molar-refractivity contribution in [3.63, 3.8) is 0 Å². The van der Waals surface area contributed by atoms with Gasteiger partial charge < -0.3 is 29.3 Å². The van der Waals surface area contributed by atoms with Crippen molar-refractivity contribution >= 4 is 42.4 Å². The Bertz CT molecular complexity index is 802. The van der Waals surface area contributed by atoms with Crippen LogP contribution in [0.5, 0.6) is 0 Å². The summed E-state index contributed by atoms with van der Waals surface area (Å²) in [5.74, 6) is 0.905. The molecule has 196 valence electrons. The molecule has 1 aromatic carbocycles. The molecule has 0 bridgehead atoms. The standard InChI is InChI=1S/C23H39Cl2N2O6P/c1-6-31-23(5,32-7-2)34(30,33-8-3)17-20(26-22(28)29)15-19-16-21(10-9-18(19)4)27(13-11-24)14-12-25/h9-10,16,20,26H,6-8,11-15,17H2,1-5H3,(H,28,29). The van der Waals surface area contributed by atoms with E-state index in [2.05, 4.69) is 10.2 Å². The third-order valence-corrected chi connectivity index (χ3v) is 8.87. The lowest BCUT2D eigenvalue weighted by Crippen LogP contribution is -2.43. The highest BCUT2D eigenvalue weighted by Gasteiger charge is 2.49. The molecule has 0 heterocycles. The van der Waals surface area contributed by atoms with Gasteiger partial charge in [-0.25, -0.2) is 4.79 Å². The maximum atomic E-state index is 14.1. The van der Waals surface area contributed by atoms with E-state index in [0.717, 1.165) is 16.8 Å². The van der Waals surface area contributed by atoms with Crippen molar-refractivity contribution in [2.75, 3.05) is 55.7 Å². The molecule has 2 unspecified atom stereocenters. The Morgan fingerprint density at radius 2 is 1.74 bits per heavy atom. The van der Waals surface area contributed by atoms with E-state index >= 15 is 0 Å². The zero-order valence-corrected chi connectivity index (χ0v) is 23.2. The maximum absolute atomic E-state index is 14.1. The van der Waals surface area contributed by atoms with Crippen LogP contribution >= 0.6 is 30.6 Å². The van der Waals surface area contributed by atoms with E-state index in [0.29, 0.717) is 31.3 Å². The summed E-state index contributed by atoms with van der Waals surface area (Å²) in [5, 5.41) is 12.0. The molecule has 0 aliphatic heterocycles. The fraction of sp³-hybridized carbons (Fsp3) is 0.696. The number of nitrogens with one attached hydrogen (secondary N) is 1. The van der Waals surface area contributed by atoms with Gasteiger partial charge in [0.25, 0.3) is 7.37 Å². The van der Waals surface area contributed by atoms with Gasteiger partial charge in [-0.2, -0.15) is 0 Å². The molecule has 0 aromatic heterocycles. The summed E-state index contributed by atoms with van der Waals surface area (Å²) in [4.78, 5) is 13.7. The van der Waals surface area contributed by atoms with Gasteiger partial charge in [-0.05, 0) is 64.3 Å². The second-order valence-corrected chi connectivity index (χ2v) is 11.4. The average Bonchev–Trinajstić information content (AvgIpc) is 2.75. The van der Waals surface area contributed by atoms with E-state index in [1.165, 1.54) is 0 Å². The van der Waals surface area contributed by atoms with Crippen LogP contribution in [0.1, 0.15) is 38.8 Å². The van der Waals surface area contributed by atoms with E-state index in [-0.39, 0.29) is 26.0 Å². The topological polar surface area (TPSA) is 97.3 Å². The molecule has 0 aliphatic carbocycles. The van der Waals surface area contributed by atoms with Gasteiger partial charge in [0.15, 0.2) is 0 Å². The Hall–Kier alpha value is -1.02. The van der Waals surface area contributed by atoms with Crippen LogP contribution in [0.2, 0.25) is 0 Å². The molecule has 0 saturated carbocycles. The smallest absolute Gasteiger partial charge is 0.404 e. The van der Waals surface area contributed by atoms with Gasteiger partial charge in [-0.1, -0.05) is 6.07 Å². The number of benzene rings is 1. The monoisotopic (exact) mass is 540 g/mol. The Kier molecular flexibility index (Phi) is 13.8. The number of aryl methyl sites for hydroxylation is 1. The fourth-order valence-electron chi connectivity index (χ4n) is 3.86. The van der Waals surface area contributed by atoms with Crippen molar-refractivity contribution in [1.29, 1.82) is 0 Å². The Balaban J connectivity index is 3.35. The second kappa shape index (κ2) is 15.2. The summed E-state index contributed by atoms with van der Waals surface area (Å²) in [7, 11) is -3.61. The van der Waals surface area contributed by atoms with Crippen molar-refractivity contribution in [3.8, 4) is 0 Å². The SMILES string of the molecule is CCOC(C)(OCC)P(=O)(CC(Cc1cc(N(CCCl)CCCl)ccc1C)NC(=O)O)OCC. The lowest BCUT2D eigenvalue weighted by atomic mass is 10.0. The summed E-state index contributed by atoms with van der Waals surface area (Å²) < 4.78 is 31.3. The second-order valence-electron chi connectivity index (χ2n) is 7.86. The average molecular weight is 541 g/mol. The van der Waals surface area contributed by atoms with Crippen LogP contribution in [0.25, 0.3) is 0 Å². The minimum atomic E-state index is -3.61. The van der Waals surface area contributed by atoms with Crippen LogP contribution < -0.4 is 10.2 Å². The van der Waals surface area contributed by atoms with Crippen LogP contribution in [0, 0.1) is 6.92 Å². The number of alkyl halides is 2. The van der Waals surface area contributed by atoms with Gasteiger partial charge in [0, 0.05) is 49.8 Å². The molecule has 1 aromatic rings. The molecule has 0 spiro atoms. The quantitative estimate of drug-likeness (QED) is 0.152. The van der Waals surface area contributed by atoms with Crippen LogP contribution in [0.4, 0.5) is 10.5 Å². The number of carboxylic acid groups (broad SMARTS) is 1.